The zero-order valence-corrected chi connectivity index (χ0v) is 17.5. The first-order valence-electron chi connectivity index (χ1n) is 8.42. The lowest BCUT2D eigenvalue weighted by molar-refractivity contribution is 0.0487. The summed E-state index contributed by atoms with van der Waals surface area (Å²) in [7, 11) is 1.77. The van der Waals surface area contributed by atoms with Crippen LogP contribution in [0.3, 0.4) is 0 Å². The van der Waals surface area contributed by atoms with Crippen molar-refractivity contribution in [2.75, 3.05) is 40.0 Å². The Morgan fingerprint density at radius 1 is 1.04 bits per heavy atom. The van der Waals surface area contributed by atoms with Crippen molar-refractivity contribution in [2.45, 2.75) is 33.2 Å². The molecule has 0 saturated carbocycles. The molecule has 1 aromatic rings. The number of ether oxygens (including phenoxy) is 2. The van der Waals surface area contributed by atoms with Crippen LogP contribution in [-0.2, 0) is 16.0 Å². The van der Waals surface area contributed by atoms with Gasteiger partial charge in [-0.3, -0.25) is 4.99 Å². The van der Waals surface area contributed by atoms with Gasteiger partial charge in [0.15, 0.2) is 5.96 Å². The Bertz CT molecular complexity index is 456. The minimum Gasteiger partial charge on any atom is -0.379 e. The molecule has 24 heavy (non-hydrogen) atoms. The molecule has 0 amide bonds. The van der Waals surface area contributed by atoms with Crippen LogP contribution in [0.15, 0.2) is 29.3 Å². The number of hydrogen-bond acceptors (Lipinski definition) is 3. The van der Waals surface area contributed by atoms with E-state index in [1.54, 1.807) is 7.05 Å². The normalized spacial score (nSPS) is 11.0. The van der Waals surface area contributed by atoms with E-state index in [2.05, 4.69) is 53.7 Å². The highest BCUT2D eigenvalue weighted by Crippen LogP contribution is 2.05. The first kappa shape index (κ1) is 23.1. The van der Waals surface area contributed by atoms with Crippen LogP contribution in [0.25, 0.3) is 0 Å². The van der Waals surface area contributed by atoms with Gasteiger partial charge in [0.25, 0.3) is 0 Å². The van der Waals surface area contributed by atoms with Gasteiger partial charge in [0, 0.05) is 26.7 Å². The molecule has 2 N–H and O–H groups in total. The van der Waals surface area contributed by atoms with Crippen LogP contribution in [0.5, 0.6) is 0 Å². The minimum absolute atomic E-state index is 0. The molecule has 138 valence electrons. The number of guanidine groups is 1. The third kappa shape index (κ3) is 10.8. The molecule has 0 heterocycles. The number of benzene rings is 1. The van der Waals surface area contributed by atoms with Crippen molar-refractivity contribution in [1.29, 1.82) is 0 Å². The number of halogens is 1. The highest BCUT2D eigenvalue weighted by Gasteiger charge is 2.00. The van der Waals surface area contributed by atoms with E-state index >= 15 is 0 Å². The molecule has 0 bridgehead atoms. The van der Waals surface area contributed by atoms with Crippen LogP contribution in [-0.4, -0.2) is 46.0 Å². The maximum Gasteiger partial charge on any atom is 0.191 e. The second-order valence-electron chi connectivity index (χ2n) is 5.36. The largest absolute Gasteiger partial charge is 0.379 e. The molecule has 0 fully saturated rings. The fourth-order valence-electron chi connectivity index (χ4n) is 2.02. The van der Waals surface area contributed by atoms with Crippen LogP contribution < -0.4 is 10.6 Å². The predicted molar refractivity (Wildman–Crippen MR) is 111 cm³/mol. The quantitative estimate of drug-likeness (QED) is 0.236. The average Bonchev–Trinajstić information content (AvgIpc) is 2.57. The van der Waals surface area contributed by atoms with Gasteiger partial charge < -0.3 is 20.1 Å². The summed E-state index contributed by atoms with van der Waals surface area (Å²) in [5, 5.41) is 6.55. The zero-order valence-electron chi connectivity index (χ0n) is 15.1. The van der Waals surface area contributed by atoms with Crippen molar-refractivity contribution in [3.63, 3.8) is 0 Å². The first-order chi connectivity index (χ1) is 11.3. The molecule has 0 aliphatic carbocycles. The highest BCUT2D eigenvalue weighted by molar-refractivity contribution is 14.0. The molecule has 0 radical (unpaired) electrons. The predicted octanol–water partition coefficient (Wildman–Crippen LogP) is 3.11. The molecule has 0 spiro atoms. The van der Waals surface area contributed by atoms with Crippen LogP contribution in [0.4, 0.5) is 0 Å². The van der Waals surface area contributed by atoms with Crippen molar-refractivity contribution >= 4 is 29.9 Å². The van der Waals surface area contributed by atoms with Gasteiger partial charge in [-0.25, -0.2) is 0 Å². The van der Waals surface area contributed by atoms with Gasteiger partial charge in [0.1, 0.15) is 0 Å². The van der Waals surface area contributed by atoms with Crippen molar-refractivity contribution in [2.24, 2.45) is 4.99 Å². The Balaban J connectivity index is 0.00000529. The fourth-order valence-corrected chi connectivity index (χ4v) is 2.02. The van der Waals surface area contributed by atoms with Crippen LogP contribution in [0.1, 0.15) is 30.9 Å². The molecular formula is C18H32IN3O2. The molecule has 0 aromatic heterocycles. The Morgan fingerprint density at radius 3 is 2.42 bits per heavy atom. The van der Waals surface area contributed by atoms with E-state index in [0.717, 1.165) is 32.1 Å². The standard InChI is InChI=1S/C18H31N3O2.HI/c1-4-5-11-22-13-14-23-12-10-20-18(19-3)21-15-17-9-7-6-8-16(17)2;/h6-9H,4-5,10-15H2,1-3H3,(H2,19,20,21);1H. The molecule has 1 aromatic carbocycles. The van der Waals surface area contributed by atoms with Crippen LogP contribution in [0.2, 0.25) is 0 Å². The van der Waals surface area contributed by atoms with Gasteiger partial charge in [-0.15, -0.1) is 24.0 Å². The zero-order chi connectivity index (χ0) is 16.8. The lowest BCUT2D eigenvalue weighted by atomic mass is 10.1. The van der Waals surface area contributed by atoms with Crippen molar-refractivity contribution in [3.8, 4) is 0 Å². The molecule has 0 saturated heterocycles. The molecule has 0 unspecified atom stereocenters. The van der Waals surface area contributed by atoms with E-state index < -0.39 is 0 Å². The number of hydrogen-bond donors (Lipinski definition) is 2. The smallest absolute Gasteiger partial charge is 0.191 e. The summed E-state index contributed by atoms with van der Waals surface area (Å²) in [6, 6.07) is 8.34. The SMILES string of the molecule is CCCCOCCOCCNC(=NC)NCc1ccccc1C.I. The van der Waals surface area contributed by atoms with Gasteiger partial charge in [-0.1, -0.05) is 37.6 Å². The van der Waals surface area contributed by atoms with Crippen LogP contribution in [0, 0.1) is 6.92 Å². The highest BCUT2D eigenvalue weighted by atomic mass is 127. The van der Waals surface area contributed by atoms with E-state index in [-0.39, 0.29) is 24.0 Å². The number of nitrogens with zero attached hydrogens (tertiary/aromatic N) is 1. The summed E-state index contributed by atoms with van der Waals surface area (Å²) in [5.74, 6) is 0.788. The van der Waals surface area contributed by atoms with Crippen molar-refractivity contribution < 1.29 is 9.47 Å². The molecule has 6 heteroatoms. The van der Waals surface area contributed by atoms with Gasteiger partial charge in [0.2, 0.25) is 0 Å². The topological polar surface area (TPSA) is 54.9 Å². The van der Waals surface area contributed by atoms with Crippen molar-refractivity contribution in [1.82, 2.24) is 10.6 Å². The third-order valence-corrected chi connectivity index (χ3v) is 3.48. The first-order valence-corrected chi connectivity index (χ1v) is 8.42. The Morgan fingerprint density at radius 2 is 1.75 bits per heavy atom. The van der Waals surface area contributed by atoms with E-state index in [0.29, 0.717) is 19.8 Å². The second kappa shape index (κ2) is 15.7. The van der Waals surface area contributed by atoms with E-state index in [1.807, 2.05) is 0 Å². The number of aryl methyl sites for hydroxylation is 1. The van der Waals surface area contributed by atoms with Gasteiger partial charge in [-0.2, -0.15) is 0 Å². The number of aliphatic imine (C=N–C) groups is 1. The monoisotopic (exact) mass is 449 g/mol. The molecule has 0 aliphatic rings. The van der Waals surface area contributed by atoms with Gasteiger partial charge >= 0.3 is 0 Å². The average molecular weight is 449 g/mol. The van der Waals surface area contributed by atoms with Gasteiger partial charge in [0.05, 0.1) is 19.8 Å². The third-order valence-electron chi connectivity index (χ3n) is 3.48. The molecule has 0 aliphatic heterocycles. The van der Waals surface area contributed by atoms with Crippen LogP contribution >= 0.6 is 24.0 Å². The Hall–Kier alpha value is -0.860. The molecule has 1 rings (SSSR count). The maximum atomic E-state index is 5.52. The van der Waals surface area contributed by atoms with E-state index in [1.165, 1.54) is 17.5 Å². The van der Waals surface area contributed by atoms with E-state index in [4.69, 9.17) is 9.47 Å². The second-order valence-corrected chi connectivity index (χ2v) is 5.36. The fraction of sp³-hybridized carbons (Fsp3) is 0.611. The molecule has 0 atom stereocenters. The Labute approximate surface area is 163 Å². The Kier molecular flexibility index (Phi) is 15.1. The molecular weight excluding hydrogens is 417 g/mol. The summed E-state index contributed by atoms with van der Waals surface area (Å²) in [6.45, 7) is 8.53. The summed E-state index contributed by atoms with van der Waals surface area (Å²) in [6.07, 6.45) is 2.28. The van der Waals surface area contributed by atoms with Crippen molar-refractivity contribution in [3.05, 3.63) is 35.4 Å². The van der Waals surface area contributed by atoms with Gasteiger partial charge in [-0.05, 0) is 24.5 Å². The lowest BCUT2D eigenvalue weighted by Gasteiger charge is -2.13. The number of nitrogens with one attached hydrogen (secondary N) is 2. The molecule has 5 nitrogen and oxygen atoms in total. The number of unbranched alkanes of at least 4 members (excludes halogenated alkanes) is 1. The summed E-state index contributed by atoms with van der Waals surface area (Å²) in [4.78, 5) is 4.21. The minimum atomic E-state index is 0. The summed E-state index contributed by atoms with van der Waals surface area (Å²) >= 11 is 0. The maximum absolute atomic E-state index is 5.52. The number of rotatable bonds is 11. The lowest BCUT2D eigenvalue weighted by Crippen LogP contribution is -2.38. The summed E-state index contributed by atoms with van der Waals surface area (Å²) < 4.78 is 11.0. The van der Waals surface area contributed by atoms with E-state index in [9.17, 15) is 0 Å². The summed E-state index contributed by atoms with van der Waals surface area (Å²) in [5.41, 5.74) is 2.55.